The molecular weight excluding hydrogens is 188 g/mol. The van der Waals surface area contributed by atoms with E-state index in [1.54, 1.807) is 0 Å². The average molecular weight is 214 g/mol. The van der Waals surface area contributed by atoms with Crippen LogP contribution in [-0.4, -0.2) is 50.3 Å². The number of hydrogen-bond acceptors (Lipinski definition) is 3. The predicted molar refractivity (Wildman–Crippen MR) is 64.2 cm³/mol. The topological polar surface area (TPSA) is 24.5 Å². The summed E-state index contributed by atoms with van der Waals surface area (Å²) in [7, 11) is 2.18. The normalized spacial score (nSPS) is 27.6. The van der Waals surface area contributed by atoms with Crippen molar-refractivity contribution in [2.75, 3.05) is 33.3 Å². The van der Waals surface area contributed by atoms with E-state index in [9.17, 15) is 0 Å². The van der Waals surface area contributed by atoms with E-state index in [0.717, 1.165) is 26.2 Å². The second-order valence-corrected chi connectivity index (χ2v) is 4.64. The Bertz CT molecular complexity index is 175. The molecule has 0 aliphatic carbocycles. The van der Waals surface area contributed by atoms with Crippen LogP contribution in [0.2, 0.25) is 0 Å². The third kappa shape index (κ3) is 3.74. The Morgan fingerprint density at radius 2 is 2.20 bits per heavy atom. The molecule has 0 spiro atoms. The van der Waals surface area contributed by atoms with Gasteiger partial charge in [-0.15, -0.1) is 0 Å². The fraction of sp³-hybridized carbons (Fsp3) is 1.00. The van der Waals surface area contributed by atoms with Gasteiger partial charge in [0, 0.05) is 19.1 Å². The van der Waals surface area contributed by atoms with Crippen molar-refractivity contribution in [2.45, 2.75) is 39.3 Å². The van der Waals surface area contributed by atoms with Crippen molar-refractivity contribution in [3.8, 4) is 0 Å². The fourth-order valence-corrected chi connectivity index (χ4v) is 2.22. The lowest BCUT2D eigenvalue weighted by Gasteiger charge is -2.38. The standard InChI is InChI=1S/C12H26N2O/c1-5-10(3)12(13-6-2)11-9-14(4)7-8-15-11/h10-13H,5-9H2,1-4H3. The fourth-order valence-electron chi connectivity index (χ4n) is 2.22. The molecule has 1 saturated heterocycles. The maximum atomic E-state index is 5.88. The molecule has 15 heavy (non-hydrogen) atoms. The molecule has 0 aromatic rings. The molecule has 0 aromatic heterocycles. The van der Waals surface area contributed by atoms with Crippen LogP contribution in [-0.2, 0) is 4.74 Å². The van der Waals surface area contributed by atoms with Gasteiger partial charge in [-0.3, -0.25) is 0 Å². The van der Waals surface area contributed by atoms with E-state index in [0.29, 0.717) is 18.1 Å². The minimum atomic E-state index is 0.360. The highest BCUT2D eigenvalue weighted by atomic mass is 16.5. The SMILES string of the molecule is CCNC(C(C)CC)C1CN(C)CCO1. The highest BCUT2D eigenvalue weighted by molar-refractivity contribution is 4.85. The average Bonchev–Trinajstić information content (AvgIpc) is 2.25. The summed E-state index contributed by atoms with van der Waals surface area (Å²) in [5, 5.41) is 3.57. The summed E-state index contributed by atoms with van der Waals surface area (Å²) < 4.78 is 5.88. The van der Waals surface area contributed by atoms with Gasteiger partial charge >= 0.3 is 0 Å². The maximum absolute atomic E-state index is 5.88. The molecule has 1 aliphatic rings. The molecule has 1 N–H and O–H groups in total. The molecule has 0 radical (unpaired) electrons. The first-order chi connectivity index (χ1) is 7.19. The zero-order valence-electron chi connectivity index (χ0n) is 10.6. The number of nitrogens with one attached hydrogen (secondary N) is 1. The number of likely N-dealkylation sites (N-methyl/N-ethyl adjacent to an activating group) is 2. The molecule has 0 saturated carbocycles. The summed E-state index contributed by atoms with van der Waals surface area (Å²) in [6.45, 7) is 10.8. The van der Waals surface area contributed by atoms with E-state index in [1.807, 2.05) is 0 Å². The van der Waals surface area contributed by atoms with Gasteiger partial charge in [0.15, 0.2) is 0 Å². The van der Waals surface area contributed by atoms with E-state index in [-0.39, 0.29) is 0 Å². The van der Waals surface area contributed by atoms with Gasteiger partial charge < -0.3 is 15.0 Å². The minimum Gasteiger partial charge on any atom is -0.374 e. The van der Waals surface area contributed by atoms with Crippen molar-refractivity contribution in [3.05, 3.63) is 0 Å². The van der Waals surface area contributed by atoms with E-state index < -0.39 is 0 Å². The van der Waals surface area contributed by atoms with Gasteiger partial charge in [-0.2, -0.15) is 0 Å². The van der Waals surface area contributed by atoms with Gasteiger partial charge in [0.25, 0.3) is 0 Å². The molecule has 3 heteroatoms. The third-order valence-electron chi connectivity index (χ3n) is 3.39. The zero-order chi connectivity index (χ0) is 11.3. The molecule has 0 aromatic carbocycles. The van der Waals surface area contributed by atoms with Gasteiger partial charge in [0.1, 0.15) is 0 Å². The van der Waals surface area contributed by atoms with Crippen LogP contribution in [0.3, 0.4) is 0 Å². The van der Waals surface area contributed by atoms with Gasteiger partial charge in [0.05, 0.1) is 12.7 Å². The van der Waals surface area contributed by atoms with Crippen LogP contribution >= 0.6 is 0 Å². The maximum Gasteiger partial charge on any atom is 0.0857 e. The quantitative estimate of drug-likeness (QED) is 0.747. The Labute approximate surface area is 94.2 Å². The summed E-state index contributed by atoms with van der Waals surface area (Å²) in [5.41, 5.74) is 0. The van der Waals surface area contributed by atoms with Crippen molar-refractivity contribution in [1.29, 1.82) is 0 Å². The lowest BCUT2D eigenvalue weighted by molar-refractivity contribution is -0.0479. The Kier molecular flexibility index (Phi) is 5.58. The smallest absolute Gasteiger partial charge is 0.0857 e. The third-order valence-corrected chi connectivity index (χ3v) is 3.39. The largest absolute Gasteiger partial charge is 0.374 e. The summed E-state index contributed by atoms with van der Waals surface area (Å²) in [4.78, 5) is 2.36. The second kappa shape index (κ2) is 6.46. The molecule has 0 bridgehead atoms. The second-order valence-electron chi connectivity index (χ2n) is 4.64. The Morgan fingerprint density at radius 3 is 2.73 bits per heavy atom. The van der Waals surface area contributed by atoms with Gasteiger partial charge in [-0.1, -0.05) is 27.2 Å². The van der Waals surface area contributed by atoms with E-state index >= 15 is 0 Å². The number of nitrogens with zero attached hydrogens (tertiary/aromatic N) is 1. The lowest BCUT2D eigenvalue weighted by Crippen LogP contribution is -2.53. The number of hydrogen-bond donors (Lipinski definition) is 1. The number of ether oxygens (including phenoxy) is 1. The molecule has 3 nitrogen and oxygen atoms in total. The first kappa shape index (κ1) is 12.9. The molecular formula is C12H26N2O. The van der Waals surface area contributed by atoms with Crippen LogP contribution < -0.4 is 5.32 Å². The van der Waals surface area contributed by atoms with Crippen LogP contribution in [0.4, 0.5) is 0 Å². The van der Waals surface area contributed by atoms with Gasteiger partial charge in [0.2, 0.25) is 0 Å². The lowest BCUT2D eigenvalue weighted by atomic mass is 9.93. The molecule has 3 unspecified atom stereocenters. The molecule has 0 amide bonds. The van der Waals surface area contributed by atoms with E-state index in [1.165, 1.54) is 6.42 Å². The van der Waals surface area contributed by atoms with E-state index in [4.69, 9.17) is 4.74 Å². The summed E-state index contributed by atoms with van der Waals surface area (Å²) >= 11 is 0. The van der Waals surface area contributed by atoms with Crippen molar-refractivity contribution < 1.29 is 4.74 Å². The van der Waals surface area contributed by atoms with Gasteiger partial charge in [-0.05, 0) is 19.5 Å². The first-order valence-electron chi connectivity index (χ1n) is 6.22. The Hall–Kier alpha value is -0.120. The van der Waals surface area contributed by atoms with Crippen molar-refractivity contribution >= 4 is 0 Å². The van der Waals surface area contributed by atoms with E-state index in [2.05, 4.69) is 38.0 Å². The highest BCUT2D eigenvalue weighted by Crippen LogP contribution is 2.17. The van der Waals surface area contributed by atoms with Gasteiger partial charge in [-0.25, -0.2) is 0 Å². The monoisotopic (exact) mass is 214 g/mol. The summed E-state index contributed by atoms with van der Waals surface area (Å²) in [5.74, 6) is 0.682. The Morgan fingerprint density at radius 1 is 1.47 bits per heavy atom. The Balaban J connectivity index is 2.53. The zero-order valence-corrected chi connectivity index (χ0v) is 10.6. The molecule has 1 rings (SSSR count). The summed E-state index contributed by atoms with van der Waals surface area (Å²) in [6, 6.07) is 0.503. The van der Waals surface area contributed by atoms with Crippen LogP contribution in [0.5, 0.6) is 0 Å². The molecule has 3 atom stereocenters. The number of rotatable bonds is 5. The van der Waals surface area contributed by atoms with Crippen LogP contribution in [0.25, 0.3) is 0 Å². The van der Waals surface area contributed by atoms with Crippen molar-refractivity contribution in [1.82, 2.24) is 10.2 Å². The highest BCUT2D eigenvalue weighted by Gasteiger charge is 2.29. The molecule has 90 valence electrons. The van der Waals surface area contributed by atoms with Crippen molar-refractivity contribution in [2.24, 2.45) is 5.92 Å². The number of morpholine rings is 1. The van der Waals surface area contributed by atoms with Crippen LogP contribution in [0.15, 0.2) is 0 Å². The first-order valence-corrected chi connectivity index (χ1v) is 6.22. The van der Waals surface area contributed by atoms with Crippen LogP contribution in [0, 0.1) is 5.92 Å². The molecule has 1 fully saturated rings. The summed E-state index contributed by atoms with van der Waals surface area (Å²) in [6.07, 6.45) is 1.57. The predicted octanol–water partition coefficient (Wildman–Crippen LogP) is 1.34. The molecule has 1 heterocycles. The van der Waals surface area contributed by atoms with Crippen LogP contribution in [0.1, 0.15) is 27.2 Å². The molecule has 1 aliphatic heterocycles. The minimum absolute atomic E-state index is 0.360. The van der Waals surface area contributed by atoms with Crippen molar-refractivity contribution in [3.63, 3.8) is 0 Å².